The van der Waals surface area contributed by atoms with Gasteiger partial charge in [0.15, 0.2) is 5.82 Å². The molecular weight excluding hydrogens is 408 g/mol. The molecule has 0 saturated heterocycles. The summed E-state index contributed by atoms with van der Waals surface area (Å²) < 4.78 is 0. The van der Waals surface area contributed by atoms with Gasteiger partial charge in [0.1, 0.15) is 11.2 Å². The van der Waals surface area contributed by atoms with Crippen LogP contribution in [0.2, 0.25) is 0 Å². The lowest BCUT2D eigenvalue weighted by atomic mass is 10.1. The summed E-state index contributed by atoms with van der Waals surface area (Å²) in [6, 6.07) is 3.88. The van der Waals surface area contributed by atoms with E-state index in [0.717, 1.165) is 32.9 Å². The van der Waals surface area contributed by atoms with Crippen molar-refractivity contribution >= 4 is 46.4 Å². The Kier molecular flexibility index (Phi) is 4.64. The Morgan fingerprint density at radius 2 is 2.10 bits per heavy atom. The molecule has 0 bridgehead atoms. The number of aromatic amines is 2. The average Bonchev–Trinajstić information content (AvgIpc) is 3.51. The van der Waals surface area contributed by atoms with Gasteiger partial charge in [-0.25, -0.2) is 4.98 Å². The van der Waals surface area contributed by atoms with Gasteiger partial charge in [0.05, 0.1) is 28.5 Å². The number of aliphatic imine (C=N–C) groups is 1. The first kappa shape index (κ1) is 18.9. The molecule has 5 aromatic heterocycles. The zero-order chi connectivity index (χ0) is 21.4. The number of nitrogen functional groups attached to an aromatic ring is 1. The fraction of sp³-hybridized carbons (Fsp3) is 0.0455. The molecular formula is C22H18N8S. The smallest absolute Gasteiger partial charge is 0.159 e. The van der Waals surface area contributed by atoms with E-state index in [1.165, 1.54) is 0 Å². The monoisotopic (exact) mass is 426 g/mol. The normalized spacial score (nSPS) is 12.7. The van der Waals surface area contributed by atoms with E-state index in [1.54, 1.807) is 37.0 Å². The Morgan fingerprint density at radius 1 is 1.23 bits per heavy atom. The van der Waals surface area contributed by atoms with E-state index >= 15 is 0 Å². The molecule has 0 amide bonds. The van der Waals surface area contributed by atoms with Gasteiger partial charge >= 0.3 is 0 Å². The summed E-state index contributed by atoms with van der Waals surface area (Å²) in [5.41, 5.74) is 12.4. The molecule has 8 nitrogen and oxygen atoms in total. The van der Waals surface area contributed by atoms with Gasteiger partial charge in [-0.15, -0.1) is 0 Å². The topological polar surface area (TPSA) is 122 Å². The van der Waals surface area contributed by atoms with Gasteiger partial charge in [0.25, 0.3) is 0 Å². The molecule has 0 aliphatic carbocycles. The maximum absolute atomic E-state index is 5.89. The number of nitrogens with zero attached hydrogens (tertiary/aromatic N) is 5. The molecule has 5 aromatic rings. The average molecular weight is 427 g/mol. The number of nitrogens with two attached hydrogens (primary N) is 1. The van der Waals surface area contributed by atoms with E-state index in [4.69, 9.17) is 10.7 Å². The first-order valence-corrected chi connectivity index (χ1v) is 10.4. The van der Waals surface area contributed by atoms with E-state index in [-0.39, 0.29) is 0 Å². The lowest BCUT2D eigenvalue weighted by Gasteiger charge is -2.01. The summed E-state index contributed by atoms with van der Waals surface area (Å²) in [6.45, 7) is 4.08. The van der Waals surface area contributed by atoms with Crippen molar-refractivity contribution in [1.29, 1.82) is 0 Å². The molecule has 152 valence electrons. The zero-order valence-electron chi connectivity index (χ0n) is 16.6. The van der Waals surface area contributed by atoms with Crippen molar-refractivity contribution in [2.45, 2.75) is 0 Å². The predicted molar refractivity (Wildman–Crippen MR) is 125 cm³/mol. The van der Waals surface area contributed by atoms with Crippen LogP contribution < -0.4 is 16.3 Å². The molecule has 4 N–H and O–H groups in total. The number of anilines is 1. The molecule has 0 fully saturated rings. The fourth-order valence-electron chi connectivity index (χ4n) is 3.41. The summed E-state index contributed by atoms with van der Waals surface area (Å²) in [5, 5.41) is 13.0. The molecule has 0 unspecified atom stereocenters. The van der Waals surface area contributed by atoms with Gasteiger partial charge < -0.3 is 10.7 Å². The molecule has 5 rings (SSSR count). The van der Waals surface area contributed by atoms with E-state index in [2.05, 4.69) is 48.2 Å². The summed E-state index contributed by atoms with van der Waals surface area (Å²) >= 11 is 1.64. The van der Waals surface area contributed by atoms with Crippen LogP contribution in [0.15, 0.2) is 52.7 Å². The van der Waals surface area contributed by atoms with Crippen LogP contribution in [0.5, 0.6) is 0 Å². The maximum atomic E-state index is 5.89. The number of aromatic nitrogens is 6. The Morgan fingerprint density at radius 3 is 2.87 bits per heavy atom. The molecule has 0 saturated carbocycles. The number of pyridine rings is 2. The minimum absolute atomic E-state index is 0.569. The highest BCUT2D eigenvalue weighted by Gasteiger charge is 2.15. The number of hydrogen-bond donors (Lipinski definition) is 3. The Balaban J connectivity index is 1.67. The van der Waals surface area contributed by atoms with Crippen molar-refractivity contribution in [2.24, 2.45) is 4.99 Å². The van der Waals surface area contributed by atoms with Crippen molar-refractivity contribution in [1.82, 2.24) is 30.1 Å². The van der Waals surface area contributed by atoms with Crippen LogP contribution >= 0.6 is 11.3 Å². The minimum Gasteiger partial charge on any atom is -0.397 e. The number of fused-ring (bicyclic) bond motifs is 1. The van der Waals surface area contributed by atoms with Crippen molar-refractivity contribution in [2.75, 3.05) is 12.8 Å². The molecule has 5 heterocycles. The molecule has 31 heavy (non-hydrogen) atoms. The zero-order valence-corrected chi connectivity index (χ0v) is 17.4. The van der Waals surface area contributed by atoms with E-state index < -0.39 is 0 Å². The van der Waals surface area contributed by atoms with Gasteiger partial charge in [-0.2, -0.15) is 16.4 Å². The number of rotatable bonds is 4. The lowest BCUT2D eigenvalue weighted by molar-refractivity contribution is 1.06. The van der Waals surface area contributed by atoms with Crippen LogP contribution in [-0.4, -0.2) is 42.9 Å². The first-order valence-electron chi connectivity index (χ1n) is 9.43. The summed E-state index contributed by atoms with van der Waals surface area (Å²) in [4.78, 5) is 21.1. The highest BCUT2D eigenvalue weighted by atomic mass is 32.1. The van der Waals surface area contributed by atoms with Gasteiger partial charge in [-0.05, 0) is 34.5 Å². The Hall–Kier alpha value is -4.11. The summed E-state index contributed by atoms with van der Waals surface area (Å²) in [5.74, 6) is 0.623. The highest BCUT2D eigenvalue weighted by molar-refractivity contribution is 7.08. The van der Waals surface area contributed by atoms with Crippen molar-refractivity contribution < 1.29 is 0 Å². The van der Waals surface area contributed by atoms with Crippen LogP contribution in [-0.2, 0) is 0 Å². The van der Waals surface area contributed by atoms with Crippen molar-refractivity contribution in [3.8, 4) is 22.6 Å². The van der Waals surface area contributed by atoms with E-state index in [9.17, 15) is 0 Å². The second-order valence-electron chi connectivity index (χ2n) is 6.91. The second-order valence-corrected chi connectivity index (χ2v) is 7.69. The molecule has 0 aliphatic heterocycles. The molecule has 0 radical (unpaired) electrons. The first-order chi connectivity index (χ1) is 15.1. The van der Waals surface area contributed by atoms with Gasteiger partial charge in [0.2, 0.25) is 0 Å². The summed E-state index contributed by atoms with van der Waals surface area (Å²) in [6.07, 6.45) is 8.81. The summed E-state index contributed by atoms with van der Waals surface area (Å²) in [7, 11) is 1.72. The number of H-pyrrole nitrogens is 2. The fourth-order valence-corrected chi connectivity index (χ4v) is 4.06. The van der Waals surface area contributed by atoms with Crippen LogP contribution in [0, 0.1) is 0 Å². The standard InChI is InChI=1S/C22H18N8S/c1-12-16(6-18(24-2)14-5-15(23)8-25-7-14)21(30-29-12)22-27-19-10-26-9-17(20(19)28-22)13-3-4-31-11-13/h3-11,29H,1,23H2,2H3,(H,27,28)/b16-6+,24-18?. The van der Waals surface area contributed by atoms with Gasteiger partial charge in [0, 0.05) is 42.0 Å². The molecule has 0 atom stereocenters. The van der Waals surface area contributed by atoms with Crippen LogP contribution in [0.1, 0.15) is 5.56 Å². The molecule has 9 heteroatoms. The maximum Gasteiger partial charge on any atom is 0.159 e. The van der Waals surface area contributed by atoms with E-state index in [1.807, 2.05) is 23.7 Å². The third kappa shape index (κ3) is 3.40. The second kappa shape index (κ2) is 7.62. The number of imidazole rings is 1. The van der Waals surface area contributed by atoms with Crippen LogP contribution in [0.3, 0.4) is 0 Å². The third-order valence-corrected chi connectivity index (χ3v) is 5.59. The number of hydrogen-bond acceptors (Lipinski definition) is 7. The highest BCUT2D eigenvalue weighted by Crippen LogP contribution is 2.29. The molecule has 0 spiro atoms. The van der Waals surface area contributed by atoms with Crippen LogP contribution in [0.4, 0.5) is 5.69 Å². The van der Waals surface area contributed by atoms with Crippen LogP contribution in [0.25, 0.3) is 46.3 Å². The third-order valence-electron chi connectivity index (χ3n) is 4.91. The largest absolute Gasteiger partial charge is 0.397 e. The van der Waals surface area contributed by atoms with Gasteiger partial charge in [-0.1, -0.05) is 6.58 Å². The number of nitrogens with one attached hydrogen (secondary N) is 2. The quantitative estimate of drug-likeness (QED) is 0.381. The molecule has 0 aliphatic rings. The minimum atomic E-state index is 0.569. The molecule has 0 aromatic carbocycles. The van der Waals surface area contributed by atoms with Crippen molar-refractivity contribution in [3.63, 3.8) is 0 Å². The van der Waals surface area contributed by atoms with Gasteiger partial charge in [-0.3, -0.25) is 20.1 Å². The SMILES string of the molecule is C=c1[nH]nc(-c2nc3c(-c4ccsc4)cncc3[nH]2)/c1=C/C(=NC)c1cncc(N)c1. The Labute approximate surface area is 181 Å². The predicted octanol–water partition coefficient (Wildman–Crippen LogP) is 2.36. The van der Waals surface area contributed by atoms with E-state index in [0.29, 0.717) is 28.3 Å². The lowest BCUT2D eigenvalue weighted by Crippen LogP contribution is -2.24. The van der Waals surface area contributed by atoms with Crippen molar-refractivity contribution in [3.05, 3.63) is 63.8 Å². The Bertz CT molecular complexity index is 1530. The number of thiophene rings is 1.